The normalized spacial score (nSPS) is 27.7. The van der Waals surface area contributed by atoms with Crippen LogP contribution in [0.1, 0.15) is 43.2 Å². The Bertz CT molecular complexity index is 703. The van der Waals surface area contributed by atoms with Gasteiger partial charge in [0, 0.05) is 19.0 Å². The average molecular weight is 372 g/mol. The number of amides is 2. The van der Waals surface area contributed by atoms with Gasteiger partial charge in [-0.15, -0.1) is 0 Å². The van der Waals surface area contributed by atoms with Crippen molar-refractivity contribution in [2.75, 3.05) is 13.2 Å². The predicted molar refractivity (Wildman–Crippen MR) is 99.8 cm³/mol. The van der Waals surface area contributed by atoms with Gasteiger partial charge in [0.1, 0.15) is 6.10 Å². The van der Waals surface area contributed by atoms with Gasteiger partial charge in [0.25, 0.3) is 0 Å². The Morgan fingerprint density at radius 2 is 1.93 bits per heavy atom. The Kier molecular flexibility index (Phi) is 5.45. The number of carbonyl (C=O) groups is 2. The molecule has 146 valence electrons. The van der Waals surface area contributed by atoms with E-state index in [0.717, 1.165) is 38.6 Å². The lowest BCUT2D eigenvalue weighted by molar-refractivity contribution is -0.143. The Balaban J connectivity index is 1.29. The second kappa shape index (κ2) is 7.98. The minimum Gasteiger partial charge on any atom is -0.394 e. The van der Waals surface area contributed by atoms with Gasteiger partial charge in [-0.3, -0.25) is 9.59 Å². The van der Waals surface area contributed by atoms with Gasteiger partial charge in [-0.1, -0.05) is 24.3 Å². The lowest BCUT2D eigenvalue weighted by Gasteiger charge is -2.37. The smallest absolute Gasteiger partial charge is 0.225 e. The van der Waals surface area contributed by atoms with Crippen LogP contribution in [0, 0.1) is 5.92 Å². The van der Waals surface area contributed by atoms with Crippen LogP contribution < -0.4 is 5.32 Å². The van der Waals surface area contributed by atoms with Gasteiger partial charge in [-0.05, 0) is 43.2 Å². The third kappa shape index (κ3) is 4.33. The van der Waals surface area contributed by atoms with Gasteiger partial charge >= 0.3 is 0 Å². The number of rotatable bonds is 5. The number of benzene rings is 1. The van der Waals surface area contributed by atoms with Crippen molar-refractivity contribution in [3.63, 3.8) is 0 Å². The molecule has 1 aromatic carbocycles. The second-order valence-corrected chi connectivity index (χ2v) is 7.98. The first-order valence-electron chi connectivity index (χ1n) is 10.1. The number of fused-ring (bicyclic) bond motifs is 1. The van der Waals surface area contributed by atoms with E-state index in [9.17, 15) is 14.7 Å². The first-order valence-corrected chi connectivity index (χ1v) is 10.1. The van der Waals surface area contributed by atoms with Crippen molar-refractivity contribution in [1.82, 2.24) is 10.2 Å². The number of aliphatic hydroxyl groups excluding tert-OH is 1. The summed E-state index contributed by atoms with van der Waals surface area (Å²) < 4.78 is 5.97. The third-order valence-electron chi connectivity index (χ3n) is 5.96. The van der Waals surface area contributed by atoms with Crippen LogP contribution in [0.25, 0.3) is 0 Å². The molecule has 0 unspecified atom stereocenters. The summed E-state index contributed by atoms with van der Waals surface area (Å²) in [4.78, 5) is 26.6. The molecule has 27 heavy (non-hydrogen) atoms. The van der Waals surface area contributed by atoms with Gasteiger partial charge < -0.3 is 20.1 Å². The van der Waals surface area contributed by atoms with Crippen molar-refractivity contribution >= 4 is 11.8 Å². The SMILES string of the molecule is O=C(N[C@@H]1CC[C@H](CC(=O)N2CCc3ccccc3C2)O[C@@H]1CO)C1CC1. The quantitative estimate of drug-likeness (QED) is 0.819. The highest BCUT2D eigenvalue weighted by molar-refractivity contribution is 5.81. The van der Waals surface area contributed by atoms with E-state index < -0.39 is 6.10 Å². The van der Waals surface area contributed by atoms with Crippen molar-refractivity contribution in [3.05, 3.63) is 35.4 Å². The van der Waals surface area contributed by atoms with Crippen LogP contribution in [-0.2, 0) is 27.3 Å². The van der Waals surface area contributed by atoms with Crippen molar-refractivity contribution in [2.45, 2.75) is 63.3 Å². The molecule has 4 rings (SSSR count). The van der Waals surface area contributed by atoms with Crippen LogP contribution in [0.5, 0.6) is 0 Å². The Labute approximate surface area is 159 Å². The van der Waals surface area contributed by atoms with Gasteiger partial charge in [-0.2, -0.15) is 0 Å². The molecule has 0 spiro atoms. The molecule has 2 heterocycles. The highest BCUT2D eigenvalue weighted by Gasteiger charge is 2.37. The van der Waals surface area contributed by atoms with Crippen LogP contribution in [0.3, 0.4) is 0 Å². The van der Waals surface area contributed by atoms with E-state index in [0.29, 0.717) is 13.0 Å². The molecule has 0 radical (unpaired) electrons. The molecule has 1 saturated carbocycles. The number of aliphatic hydroxyl groups is 1. The number of hydrogen-bond acceptors (Lipinski definition) is 4. The van der Waals surface area contributed by atoms with Crippen LogP contribution >= 0.6 is 0 Å². The summed E-state index contributed by atoms with van der Waals surface area (Å²) in [5.41, 5.74) is 2.54. The molecular weight excluding hydrogens is 344 g/mol. The Hall–Kier alpha value is -1.92. The summed E-state index contributed by atoms with van der Waals surface area (Å²) in [7, 11) is 0. The van der Waals surface area contributed by atoms with Crippen molar-refractivity contribution in [2.24, 2.45) is 5.92 Å². The summed E-state index contributed by atoms with van der Waals surface area (Å²) >= 11 is 0. The molecule has 3 atom stereocenters. The molecule has 6 nitrogen and oxygen atoms in total. The maximum atomic E-state index is 12.7. The zero-order chi connectivity index (χ0) is 18.8. The van der Waals surface area contributed by atoms with E-state index >= 15 is 0 Å². The zero-order valence-electron chi connectivity index (χ0n) is 15.6. The van der Waals surface area contributed by atoms with Gasteiger partial charge in [0.05, 0.1) is 25.2 Å². The number of carbonyl (C=O) groups excluding carboxylic acids is 2. The first-order chi connectivity index (χ1) is 13.1. The molecule has 2 amide bonds. The average Bonchev–Trinajstić information content (AvgIpc) is 3.54. The van der Waals surface area contributed by atoms with E-state index in [1.807, 2.05) is 17.0 Å². The number of nitrogens with one attached hydrogen (secondary N) is 1. The summed E-state index contributed by atoms with van der Waals surface area (Å²) in [5.74, 6) is 0.320. The third-order valence-corrected chi connectivity index (χ3v) is 5.96. The van der Waals surface area contributed by atoms with E-state index in [2.05, 4.69) is 17.4 Å². The van der Waals surface area contributed by atoms with Crippen LogP contribution in [0.2, 0.25) is 0 Å². The largest absolute Gasteiger partial charge is 0.394 e. The first kappa shape index (κ1) is 18.4. The molecule has 2 aliphatic heterocycles. The van der Waals surface area contributed by atoms with Gasteiger partial charge in [-0.25, -0.2) is 0 Å². The minimum absolute atomic E-state index is 0.0727. The lowest BCUT2D eigenvalue weighted by Crippen LogP contribution is -2.52. The van der Waals surface area contributed by atoms with Crippen LogP contribution in [0.4, 0.5) is 0 Å². The van der Waals surface area contributed by atoms with E-state index in [-0.39, 0.29) is 36.5 Å². The molecule has 0 aromatic heterocycles. The fraction of sp³-hybridized carbons (Fsp3) is 0.619. The van der Waals surface area contributed by atoms with E-state index in [1.54, 1.807) is 0 Å². The van der Waals surface area contributed by atoms with Gasteiger partial charge in [0.15, 0.2) is 0 Å². The van der Waals surface area contributed by atoms with Crippen molar-refractivity contribution < 1.29 is 19.4 Å². The molecule has 2 fully saturated rings. The van der Waals surface area contributed by atoms with E-state index in [1.165, 1.54) is 11.1 Å². The summed E-state index contributed by atoms with van der Waals surface area (Å²) in [5, 5.41) is 12.7. The molecule has 0 bridgehead atoms. The molecule has 3 aliphatic rings. The predicted octanol–water partition coefficient (Wildman–Crippen LogP) is 1.40. The minimum atomic E-state index is -0.429. The lowest BCUT2D eigenvalue weighted by atomic mass is 9.95. The number of hydrogen-bond donors (Lipinski definition) is 2. The molecular formula is C21H28N2O4. The highest BCUT2D eigenvalue weighted by Crippen LogP contribution is 2.30. The number of ether oxygens (including phenoxy) is 1. The zero-order valence-corrected chi connectivity index (χ0v) is 15.6. The molecule has 1 aromatic rings. The van der Waals surface area contributed by atoms with Gasteiger partial charge in [0.2, 0.25) is 11.8 Å². The molecule has 1 saturated heterocycles. The highest BCUT2D eigenvalue weighted by atomic mass is 16.5. The summed E-state index contributed by atoms with van der Waals surface area (Å²) in [6.07, 6.45) is 3.98. The topological polar surface area (TPSA) is 78.9 Å². The fourth-order valence-corrected chi connectivity index (χ4v) is 4.13. The second-order valence-electron chi connectivity index (χ2n) is 7.98. The van der Waals surface area contributed by atoms with Crippen LogP contribution in [-0.4, -0.2) is 53.2 Å². The molecule has 1 aliphatic carbocycles. The van der Waals surface area contributed by atoms with E-state index in [4.69, 9.17) is 4.74 Å². The van der Waals surface area contributed by atoms with Crippen molar-refractivity contribution in [3.8, 4) is 0 Å². The Morgan fingerprint density at radius 3 is 2.67 bits per heavy atom. The fourth-order valence-electron chi connectivity index (χ4n) is 4.13. The molecule has 6 heteroatoms. The van der Waals surface area contributed by atoms with Crippen LogP contribution in [0.15, 0.2) is 24.3 Å². The maximum absolute atomic E-state index is 12.7. The Morgan fingerprint density at radius 1 is 1.15 bits per heavy atom. The monoisotopic (exact) mass is 372 g/mol. The standard InChI is InChI=1S/C21H28N2O4/c24-13-19-18(22-21(26)15-5-6-15)8-7-17(27-19)11-20(25)23-10-9-14-3-1-2-4-16(14)12-23/h1-4,15,17-19,24H,5-13H2,(H,22,26)/t17-,18-,19-/m1/s1. The number of nitrogens with zero attached hydrogens (tertiary/aromatic N) is 1. The summed E-state index contributed by atoms with van der Waals surface area (Å²) in [6.45, 7) is 1.26. The molecule has 2 N–H and O–H groups in total. The summed E-state index contributed by atoms with van der Waals surface area (Å²) in [6, 6.07) is 8.11. The van der Waals surface area contributed by atoms with Crippen molar-refractivity contribution in [1.29, 1.82) is 0 Å². The maximum Gasteiger partial charge on any atom is 0.225 e.